The van der Waals surface area contributed by atoms with Crippen molar-refractivity contribution in [2.45, 2.75) is 0 Å². The summed E-state index contributed by atoms with van der Waals surface area (Å²) in [4.78, 5) is 10.6. The van der Waals surface area contributed by atoms with E-state index in [4.69, 9.17) is 11.6 Å². The predicted octanol–water partition coefficient (Wildman–Crippen LogP) is 3.96. The van der Waals surface area contributed by atoms with Crippen molar-refractivity contribution >= 4 is 17.9 Å². The van der Waals surface area contributed by atoms with Gasteiger partial charge in [0.15, 0.2) is 6.29 Å². The molecule has 3 heteroatoms. The molecule has 80 valence electrons. The molecule has 0 amide bonds. The Hall–Kier alpha value is -1.67. The van der Waals surface area contributed by atoms with Gasteiger partial charge in [-0.25, -0.2) is 4.39 Å². The van der Waals surface area contributed by atoms with Crippen LogP contribution < -0.4 is 0 Å². The average molecular weight is 235 g/mol. The lowest BCUT2D eigenvalue weighted by molar-refractivity contribution is 0.112. The third kappa shape index (κ3) is 1.97. The molecule has 0 radical (unpaired) electrons. The first-order chi connectivity index (χ1) is 7.72. The molecule has 0 aromatic heterocycles. The molecular weight excluding hydrogens is 227 g/mol. The summed E-state index contributed by atoms with van der Waals surface area (Å²) >= 11 is 5.75. The van der Waals surface area contributed by atoms with Gasteiger partial charge in [0.25, 0.3) is 0 Å². The van der Waals surface area contributed by atoms with Crippen molar-refractivity contribution < 1.29 is 9.18 Å². The van der Waals surface area contributed by atoms with E-state index >= 15 is 0 Å². The Morgan fingerprint density at radius 1 is 1.06 bits per heavy atom. The fraction of sp³-hybridized carbons (Fsp3) is 0. The second-order valence-electron chi connectivity index (χ2n) is 3.33. The van der Waals surface area contributed by atoms with Crippen LogP contribution in [0, 0.1) is 5.82 Å². The van der Waals surface area contributed by atoms with Crippen molar-refractivity contribution in [3.8, 4) is 11.1 Å². The van der Waals surface area contributed by atoms with Gasteiger partial charge in [-0.15, -0.1) is 0 Å². The second-order valence-corrected chi connectivity index (χ2v) is 3.77. The SMILES string of the molecule is O=Cc1cccc(-c2ccc(Cl)cc2)c1F. The maximum Gasteiger partial charge on any atom is 0.153 e. The average Bonchev–Trinajstić information content (AvgIpc) is 2.31. The summed E-state index contributed by atoms with van der Waals surface area (Å²) in [6, 6.07) is 11.5. The predicted molar refractivity (Wildman–Crippen MR) is 62.2 cm³/mol. The highest BCUT2D eigenvalue weighted by atomic mass is 35.5. The van der Waals surface area contributed by atoms with E-state index < -0.39 is 5.82 Å². The van der Waals surface area contributed by atoms with Crippen LogP contribution >= 0.6 is 11.6 Å². The zero-order chi connectivity index (χ0) is 11.5. The molecule has 0 N–H and O–H groups in total. The lowest BCUT2D eigenvalue weighted by Crippen LogP contribution is -1.91. The lowest BCUT2D eigenvalue weighted by Gasteiger charge is -2.04. The van der Waals surface area contributed by atoms with Crippen LogP contribution in [0.15, 0.2) is 42.5 Å². The topological polar surface area (TPSA) is 17.1 Å². The molecule has 0 atom stereocenters. The molecule has 0 spiro atoms. The maximum atomic E-state index is 13.8. The first-order valence-corrected chi connectivity index (χ1v) is 5.10. The van der Waals surface area contributed by atoms with Crippen molar-refractivity contribution in [1.82, 2.24) is 0 Å². The highest BCUT2D eigenvalue weighted by Gasteiger charge is 2.08. The highest BCUT2D eigenvalue weighted by molar-refractivity contribution is 6.30. The first-order valence-electron chi connectivity index (χ1n) is 4.72. The van der Waals surface area contributed by atoms with Gasteiger partial charge in [-0.2, -0.15) is 0 Å². The third-order valence-corrected chi connectivity index (χ3v) is 2.56. The molecule has 16 heavy (non-hydrogen) atoms. The standard InChI is InChI=1S/C13H8ClFO/c14-11-6-4-9(5-7-11)12-3-1-2-10(8-16)13(12)15/h1-8H. The van der Waals surface area contributed by atoms with Gasteiger partial charge in [0, 0.05) is 10.6 Å². The number of aldehydes is 1. The first kappa shape index (κ1) is 10.8. The smallest absolute Gasteiger partial charge is 0.153 e. The number of benzene rings is 2. The maximum absolute atomic E-state index is 13.8. The molecule has 2 aromatic rings. The summed E-state index contributed by atoms with van der Waals surface area (Å²) in [5.41, 5.74) is 1.17. The van der Waals surface area contributed by atoms with E-state index in [9.17, 15) is 9.18 Å². The van der Waals surface area contributed by atoms with Crippen LogP contribution in [-0.2, 0) is 0 Å². The molecule has 0 heterocycles. The molecule has 0 aliphatic heterocycles. The molecule has 0 fully saturated rings. The summed E-state index contributed by atoms with van der Waals surface area (Å²) in [5, 5.41) is 0.593. The van der Waals surface area contributed by atoms with Crippen molar-refractivity contribution in [2.75, 3.05) is 0 Å². The Morgan fingerprint density at radius 3 is 2.38 bits per heavy atom. The van der Waals surface area contributed by atoms with Gasteiger partial charge in [0.05, 0.1) is 5.56 Å². The molecule has 2 aromatic carbocycles. The van der Waals surface area contributed by atoms with Gasteiger partial charge in [0.1, 0.15) is 5.82 Å². The van der Waals surface area contributed by atoms with Gasteiger partial charge in [0.2, 0.25) is 0 Å². The number of carbonyl (C=O) groups is 1. The molecule has 0 bridgehead atoms. The number of carbonyl (C=O) groups excluding carboxylic acids is 1. The third-order valence-electron chi connectivity index (χ3n) is 2.31. The highest BCUT2D eigenvalue weighted by Crippen LogP contribution is 2.25. The molecule has 0 saturated carbocycles. The van der Waals surface area contributed by atoms with Crippen molar-refractivity contribution in [3.63, 3.8) is 0 Å². The molecule has 0 unspecified atom stereocenters. The summed E-state index contributed by atoms with van der Waals surface area (Å²) in [5.74, 6) is -0.500. The van der Waals surface area contributed by atoms with Gasteiger partial charge in [-0.05, 0) is 23.8 Å². The minimum atomic E-state index is -0.500. The van der Waals surface area contributed by atoms with Crippen LogP contribution in [0.25, 0.3) is 11.1 Å². The Bertz CT molecular complexity index is 520. The zero-order valence-corrected chi connectivity index (χ0v) is 9.04. The monoisotopic (exact) mass is 234 g/mol. The summed E-state index contributed by atoms with van der Waals surface area (Å²) < 4.78 is 13.8. The molecule has 0 aliphatic rings. The normalized spacial score (nSPS) is 10.1. The summed E-state index contributed by atoms with van der Waals surface area (Å²) in [7, 11) is 0. The van der Waals surface area contributed by atoms with E-state index in [2.05, 4.69) is 0 Å². The number of hydrogen-bond donors (Lipinski definition) is 0. The molecular formula is C13H8ClFO. The van der Waals surface area contributed by atoms with Crippen LogP contribution in [0.2, 0.25) is 5.02 Å². The van der Waals surface area contributed by atoms with E-state index in [-0.39, 0.29) is 5.56 Å². The van der Waals surface area contributed by atoms with E-state index in [0.29, 0.717) is 22.4 Å². The van der Waals surface area contributed by atoms with Crippen LogP contribution in [0.1, 0.15) is 10.4 Å². The Balaban J connectivity index is 2.56. The summed E-state index contributed by atoms with van der Waals surface area (Å²) in [6.45, 7) is 0. The van der Waals surface area contributed by atoms with E-state index in [0.717, 1.165) is 0 Å². The van der Waals surface area contributed by atoms with Gasteiger partial charge >= 0.3 is 0 Å². The lowest BCUT2D eigenvalue weighted by atomic mass is 10.0. The van der Waals surface area contributed by atoms with E-state index in [1.165, 1.54) is 6.07 Å². The molecule has 2 rings (SSSR count). The molecule has 1 nitrogen and oxygen atoms in total. The second kappa shape index (κ2) is 4.45. The van der Waals surface area contributed by atoms with Gasteiger partial charge in [-0.1, -0.05) is 35.9 Å². The minimum Gasteiger partial charge on any atom is -0.298 e. The Kier molecular flexibility index (Phi) is 3.02. The van der Waals surface area contributed by atoms with Crippen LogP contribution in [0.3, 0.4) is 0 Å². The fourth-order valence-electron chi connectivity index (χ4n) is 1.49. The summed E-state index contributed by atoms with van der Waals surface area (Å²) in [6.07, 6.45) is 0.509. The van der Waals surface area contributed by atoms with Crippen molar-refractivity contribution in [1.29, 1.82) is 0 Å². The van der Waals surface area contributed by atoms with Crippen molar-refractivity contribution in [3.05, 3.63) is 58.9 Å². The van der Waals surface area contributed by atoms with Crippen LogP contribution in [-0.4, -0.2) is 6.29 Å². The molecule has 0 aliphatic carbocycles. The quantitative estimate of drug-likeness (QED) is 0.719. The Labute approximate surface area is 97.5 Å². The number of halogens is 2. The van der Waals surface area contributed by atoms with E-state index in [1.54, 1.807) is 36.4 Å². The fourth-order valence-corrected chi connectivity index (χ4v) is 1.62. The van der Waals surface area contributed by atoms with Gasteiger partial charge < -0.3 is 0 Å². The largest absolute Gasteiger partial charge is 0.298 e. The van der Waals surface area contributed by atoms with Crippen LogP contribution in [0.5, 0.6) is 0 Å². The van der Waals surface area contributed by atoms with Gasteiger partial charge in [-0.3, -0.25) is 4.79 Å². The van der Waals surface area contributed by atoms with E-state index in [1.807, 2.05) is 0 Å². The zero-order valence-electron chi connectivity index (χ0n) is 8.28. The minimum absolute atomic E-state index is 0.0625. The Morgan fingerprint density at radius 2 is 1.75 bits per heavy atom. The van der Waals surface area contributed by atoms with Crippen LogP contribution in [0.4, 0.5) is 4.39 Å². The number of hydrogen-bond acceptors (Lipinski definition) is 1. The number of rotatable bonds is 2. The van der Waals surface area contributed by atoms with Crippen molar-refractivity contribution in [2.24, 2.45) is 0 Å². The molecule has 0 saturated heterocycles.